The maximum Gasteiger partial charge on any atom is 0.335 e. The predicted molar refractivity (Wildman–Crippen MR) is 190 cm³/mol. The summed E-state index contributed by atoms with van der Waals surface area (Å²) >= 11 is -1.82. The second-order valence-corrected chi connectivity index (χ2v) is 15.2. The molecule has 1 aromatic heterocycles. The third-order valence-electron chi connectivity index (χ3n) is 7.21. The molecule has 0 saturated carbocycles. The van der Waals surface area contributed by atoms with E-state index in [4.69, 9.17) is 5.26 Å². The zero-order valence-corrected chi connectivity index (χ0v) is 29.3. The van der Waals surface area contributed by atoms with E-state index < -0.39 is 47.1 Å². The number of aromatic carboxylic acids is 1. The average molecular weight is 803 g/mol. The van der Waals surface area contributed by atoms with Gasteiger partial charge >= 0.3 is 5.97 Å². The standard InChI is InChI=1S/C30H22N6O13S4/c37-27(38)15-2-1-3-18(8-15)31-28-34-29(32-19-4-6-23-16(9-19)11-21(50-49-48-39)13-25(23)51(40)41)36-30(35-28)33-20-5-7-24-17(10-20)12-22(52(42,43)44)14-26(24)53(45,46)47/h1-14,39H,(H,37,38)(H,40,41)(H,42,43,44)(H,45,46,47)(H3,31,32,33,34,35,36). The number of hydrogen-bond donors (Lipinski definition) is 8. The van der Waals surface area contributed by atoms with E-state index in [9.17, 15) is 44.6 Å². The first kappa shape index (κ1) is 37.4. The Morgan fingerprint density at radius 1 is 0.717 bits per heavy atom. The maximum absolute atomic E-state index is 12.1. The number of aromatic nitrogens is 3. The summed E-state index contributed by atoms with van der Waals surface area (Å²) in [4.78, 5) is 23.5. The molecule has 274 valence electrons. The van der Waals surface area contributed by atoms with Crippen LogP contribution in [0, 0.1) is 0 Å². The summed E-state index contributed by atoms with van der Waals surface area (Å²) < 4.78 is 93.6. The van der Waals surface area contributed by atoms with Gasteiger partial charge in [-0.3, -0.25) is 9.11 Å². The van der Waals surface area contributed by atoms with Crippen molar-refractivity contribution in [2.45, 2.75) is 19.6 Å². The number of carboxylic acids is 1. The molecular formula is C30H22N6O13S4. The highest BCUT2D eigenvalue weighted by atomic mass is 32.2. The molecule has 0 aliphatic carbocycles. The van der Waals surface area contributed by atoms with Gasteiger partial charge in [0.2, 0.25) is 17.8 Å². The summed E-state index contributed by atoms with van der Waals surface area (Å²) in [5, 5.41) is 31.2. The van der Waals surface area contributed by atoms with E-state index in [1.807, 2.05) is 0 Å². The smallest absolute Gasteiger partial charge is 0.335 e. The lowest BCUT2D eigenvalue weighted by molar-refractivity contribution is -0.432. The van der Waals surface area contributed by atoms with Gasteiger partial charge in [0.15, 0.2) is 11.1 Å². The van der Waals surface area contributed by atoms with Crippen molar-refractivity contribution in [3.63, 3.8) is 0 Å². The number of carbonyl (C=O) groups is 1. The van der Waals surface area contributed by atoms with Crippen LogP contribution < -0.4 is 16.0 Å². The van der Waals surface area contributed by atoms with Crippen molar-refractivity contribution in [1.29, 1.82) is 0 Å². The number of fused-ring (bicyclic) bond motifs is 2. The van der Waals surface area contributed by atoms with Crippen LogP contribution in [0.3, 0.4) is 0 Å². The Kier molecular flexibility index (Phi) is 10.6. The molecule has 1 heterocycles. The molecule has 0 aliphatic rings. The quantitative estimate of drug-likeness (QED) is 0.0231. The minimum absolute atomic E-state index is 0.0122. The molecule has 0 fully saturated rings. The molecule has 6 rings (SSSR count). The normalized spacial score (nSPS) is 12.5. The number of rotatable bonds is 13. The van der Waals surface area contributed by atoms with Crippen LogP contribution in [0.25, 0.3) is 21.5 Å². The Balaban J connectivity index is 1.42. The van der Waals surface area contributed by atoms with Crippen LogP contribution in [0.15, 0.2) is 105 Å². The SMILES string of the molecule is O=C(O)c1cccc(Nc2nc(Nc3ccc4c(S(=O)O)cc(SOOO)cc4c3)nc(Nc3ccc4c(S(=O)(=O)O)cc(S(=O)(=O)O)cc4c3)n2)c1. The third-order valence-corrected chi connectivity index (χ3v) is 10.2. The van der Waals surface area contributed by atoms with E-state index in [2.05, 4.69) is 40.3 Å². The molecule has 0 amide bonds. The van der Waals surface area contributed by atoms with Crippen molar-refractivity contribution in [3.8, 4) is 0 Å². The topological polar surface area (TPSA) is 297 Å². The van der Waals surface area contributed by atoms with Crippen LogP contribution >= 0.6 is 12.0 Å². The maximum atomic E-state index is 12.1. The highest BCUT2D eigenvalue weighted by molar-refractivity contribution is 7.94. The summed E-state index contributed by atoms with van der Waals surface area (Å²) in [6.45, 7) is 0. The van der Waals surface area contributed by atoms with Crippen molar-refractivity contribution >= 4 is 106 Å². The number of nitrogens with zero attached hydrogens (tertiary/aromatic N) is 3. The van der Waals surface area contributed by atoms with Crippen molar-refractivity contribution < 1.29 is 59.2 Å². The summed E-state index contributed by atoms with van der Waals surface area (Å²) in [5.41, 5.74) is 0.837. The fraction of sp³-hybridized carbons (Fsp3) is 0. The van der Waals surface area contributed by atoms with Gasteiger partial charge in [0.25, 0.3) is 20.2 Å². The molecule has 0 aliphatic heterocycles. The minimum Gasteiger partial charge on any atom is -0.478 e. The monoisotopic (exact) mass is 802 g/mol. The molecule has 1 atom stereocenters. The van der Waals surface area contributed by atoms with Gasteiger partial charge in [0.1, 0.15) is 4.90 Å². The first-order valence-corrected chi connectivity index (χ1v) is 19.1. The van der Waals surface area contributed by atoms with Gasteiger partial charge in [-0.2, -0.15) is 31.8 Å². The molecule has 0 radical (unpaired) electrons. The number of anilines is 6. The Morgan fingerprint density at radius 2 is 1.28 bits per heavy atom. The Hall–Kier alpha value is -5.34. The summed E-state index contributed by atoms with van der Waals surface area (Å²) in [6.07, 6.45) is 0. The predicted octanol–water partition coefficient (Wildman–Crippen LogP) is 5.61. The molecule has 8 N–H and O–H groups in total. The summed E-state index contributed by atoms with van der Waals surface area (Å²) in [5.74, 6) is -1.47. The van der Waals surface area contributed by atoms with E-state index in [1.54, 1.807) is 30.3 Å². The number of benzene rings is 5. The van der Waals surface area contributed by atoms with E-state index in [1.165, 1.54) is 42.5 Å². The van der Waals surface area contributed by atoms with Crippen LogP contribution in [-0.4, -0.2) is 66.0 Å². The van der Waals surface area contributed by atoms with Crippen LogP contribution in [0.1, 0.15) is 10.4 Å². The number of hydrogen-bond acceptors (Lipinski definition) is 16. The third kappa shape index (κ3) is 8.83. The van der Waals surface area contributed by atoms with Gasteiger partial charge in [0, 0.05) is 32.7 Å². The molecular weight excluding hydrogens is 781 g/mol. The van der Waals surface area contributed by atoms with Gasteiger partial charge < -0.3 is 25.6 Å². The Labute approximate surface area is 304 Å². The second kappa shape index (κ2) is 15.0. The van der Waals surface area contributed by atoms with E-state index in [0.717, 1.165) is 6.07 Å². The molecule has 53 heavy (non-hydrogen) atoms. The first-order chi connectivity index (χ1) is 25.1. The molecule has 1 unspecified atom stereocenters. The number of carboxylic acid groups (broad SMARTS) is 1. The Bertz CT molecular complexity index is 2680. The van der Waals surface area contributed by atoms with Crippen molar-refractivity contribution in [1.82, 2.24) is 15.0 Å². The molecule has 6 aromatic rings. The molecule has 0 bridgehead atoms. The fourth-order valence-electron chi connectivity index (χ4n) is 5.04. The highest BCUT2D eigenvalue weighted by Crippen LogP contribution is 2.33. The van der Waals surface area contributed by atoms with Crippen LogP contribution in [0.4, 0.5) is 34.9 Å². The Morgan fingerprint density at radius 3 is 1.81 bits per heavy atom. The highest BCUT2D eigenvalue weighted by Gasteiger charge is 2.21. The summed E-state index contributed by atoms with van der Waals surface area (Å²) in [7, 11) is -9.81. The van der Waals surface area contributed by atoms with E-state index in [-0.39, 0.29) is 44.8 Å². The van der Waals surface area contributed by atoms with Crippen LogP contribution in [0.5, 0.6) is 0 Å². The molecule has 5 aromatic carbocycles. The van der Waals surface area contributed by atoms with Gasteiger partial charge in [-0.25, -0.2) is 14.3 Å². The molecule has 23 heteroatoms. The van der Waals surface area contributed by atoms with Crippen LogP contribution in [0.2, 0.25) is 0 Å². The largest absolute Gasteiger partial charge is 0.478 e. The van der Waals surface area contributed by atoms with Gasteiger partial charge in [-0.15, -0.1) is 4.33 Å². The minimum atomic E-state index is -4.92. The lowest BCUT2D eigenvalue weighted by atomic mass is 10.1. The van der Waals surface area contributed by atoms with Crippen molar-refractivity contribution in [2.24, 2.45) is 0 Å². The van der Waals surface area contributed by atoms with Gasteiger partial charge in [-0.05, 0) is 77.5 Å². The zero-order chi connectivity index (χ0) is 38.1. The first-order valence-electron chi connectivity index (χ1n) is 14.3. The zero-order valence-electron chi connectivity index (χ0n) is 26.1. The van der Waals surface area contributed by atoms with E-state index in [0.29, 0.717) is 45.2 Å². The molecule has 0 spiro atoms. The van der Waals surface area contributed by atoms with E-state index >= 15 is 0 Å². The molecule has 19 nitrogen and oxygen atoms in total. The second-order valence-electron chi connectivity index (χ2n) is 10.7. The lowest BCUT2D eigenvalue weighted by Crippen LogP contribution is -2.08. The summed E-state index contributed by atoms with van der Waals surface area (Å²) in [6, 6.07) is 19.1. The average Bonchev–Trinajstić information content (AvgIpc) is 3.08. The lowest BCUT2D eigenvalue weighted by Gasteiger charge is -2.13. The number of nitrogens with one attached hydrogen (secondary N) is 3. The van der Waals surface area contributed by atoms with Gasteiger partial charge in [-0.1, -0.05) is 23.2 Å². The van der Waals surface area contributed by atoms with Crippen molar-refractivity contribution in [3.05, 3.63) is 90.5 Å². The molecule has 0 saturated heterocycles. The van der Waals surface area contributed by atoms with Gasteiger partial charge in [0.05, 0.1) is 27.4 Å². The van der Waals surface area contributed by atoms with Crippen molar-refractivity contribution in [2.75, 3.05) is 16.0 Å². The fourth-order valence-corrected chi connectivity index (χ4v) is 7.53. The van der Waals surface area contributed by atoms with Crippen LogP contribution in [-0.2, 0) is 40.7 Å².